The highest BCUT2D eigenvalue weighted by atomic mass is 32.1. The Morgan fingerprint density at radius 2 is 1.74 bits per heavy atom. The second kappa shape index (κ2) is 10.0. The molecule has 2 aliphatic rings. The molecular weight excluding hydrogens is 416 g/mol. The number of esters is 1. The van der Waals surface area contributed by atoms with Crippen LogP contribution in [0.4, 0.5) is 9.80 Å². The van der Waals surface area contributed by atoms with Crippen LogP contribution in [0.3, 0.4) is 0 Å². The summed E-state index contributed by atoms with van der Waals surface area (Å²) >= 11 is 1.49. The van der Waals surface area contributed by atoms with Gasteiger partial charge < -0.3 is 19.6 Å². The summed E-state index contributed by atoms with van der Waals surface area (Å²) in [6.07, 6.45) is 4.43. The zero-order chi connectivity index (χ0) is 22.7. The van der Waals surface area contributed by atoms with Crippen LogP contribution in [0, 0.1) is 11.8 Å². The Hall–Kier alpha value is -2.09. The van der Waals surface area contributed by atoms with Crippen LogP contribution >= 0.6 is 11.3 Å². The van der Waals surface area contributed by atoms with E-state index in [0.29, 0.717) is 42.4 Å². The number of thiophene rings is 1. The van der Waals surface area contributed by atoms with Crippen LogP contribution in [-0.2, 0) is 9.53 Å². The number of carbonyl (C=O) groups excluding carboxylic acids is 2. The second-order valence-corrected chi connectivity index (χ2v) is 10.2. The molecule has 0 unspecified atom stereocenters. The number of amides is 2. The van der Waals surface area contributed by atoms with E-state index in [4.69, 9.17) is 4.74 Å². The number of methoxy groups -OCH3 is 1. The molecule has 31 heavy (non-hydrogen) atoms. The first-order valence-corrected chi connectivity index (χ1v) is 12.1. The fraction of sp³-hybridized carbons (Fsp3) is 0.696. The molecule has 1 aliphatic heterocycles. The fourth-order valence-electron chi connectivity index (χ4n) is 4.68. The van der Waals surface area contributed by atoms with E-state index < -0.39 is 12.1 Å². The summed E-state index contributed by atoms with van der Waals surface area (Å²) in [4.78, 5) is 41.6. The molecule has 0 spiro atoms. The Kier molecular flexibility index (Phi) is 7.62. The summed E-state index contributed by atoms with van der Waals surface area (Å²) in [5.41, 5.74) is 0.439. The summed E-state index contributed by atoms with van der Waals surface area (Å²) in [5, 5.41) is 9.87. The van der Waals surface area contributed by atoms with Crippen LogP contribution < -0.4 is 4.90 Å². The van der Waals surface area contributed by atoms with Gasteiger partial charge in [-0.2, -0.15) is 0 Å². The zero-order valence-electron chi connectivity index (χ0n) is 18.9. The number of likely N-dealkylation sites (tertiary alicyclic amines) is 1. The number of anilines is 1. The first-order chi connectivity index (χ1) is 14.7. The van der Waals surface area contributed by atoms with Crippen molar-refractivity contribution in [3.05, 3.63) is 16.5 Å². The largest absolute Gasteiger partial charge is 0.465 e. The Morgan fingerprint density at radius 1 is 1.13 bits per heavy atom. The summed E-state index contributed by atoms with van der Waals surface area (Å²) in [7, 11) is 1.36. The SMILES string of the molecule is COC(=O)c1cc(C2CCN(C(=O)O)CC2)sc1N(C(=O)[C@H]1CC[C@H](C)CC1)C(C)C. The van der Waals surface area contributed by atoms with Crippen molar-refractivity contribution in [3.8, 4) is 0 Å². The Morgan fingerprint density at radius 3 is 2.26 bits per heavy atom. The van der Waals surface area contributed by atoms with Gasteiger partial charge in [0, 0.05) is 29.9 Å². The number of ether oxygens (including phenoxy) is 1. The van der Waals surface area contributed by atoms with Gasteiger partial charge in [0.05, 0.1) is 12.7 Å². The van der Waals surface area contributed by atoms with E-state index in [1.54, 1.807) is 4.90 Å². The van der Waals surface area contributed by atoms with Gasteiger partial charge in [-0.25, -0.2) is 9.59 Å². The van der Waals surface area contributed by atoms with E-state index in [9.17, 15) is 19.5 Å². The van der Waals surface area contributed by atoms with Crippen molar-refractivity contribution in [1.29, 1.82) is 0 Å². The molecule has 2 fully saturated rings. The minimum absolute atomic E-state index is 0.00606. The zero-order valence-corrected chi connectivity index (χ0v) is 19.7. The third-order valence-electron chi connectivity index (χ3n) is 6.64. The molecule has 1 aromatic rings. The van der Waals surface area contributed by atoms with Gasteiger partial charge in [-0.15, -0.1) is 11.3 Å². The lowest BCUT2D eigenvalue weighted by atomic mass is 9.82. The maximum atomic E-state index is 13.5. The standard InChI is InChI=1S/C23H34N2O5S/c1-14(2)25(20(26)17-7-5-15(3)6-8-17)21-18(22(27)30-4)13-19(31-21)16-9-11-24(12-10-16)23(28)29/h13-17H,5-12H2,1-4H3,(H,28,29)/t15-,17-. The van der Waals surface area contributed by atoms with E-state index in [1.807, 2.05) is 19.9 Å². The lowest BCUT2D eigenvalue weighted by Gasteiger charge is -2.33. The van der Waals surface area contributed by atoms with Crippen LogP contribution in [0.15, 0.2) is 6.07 Å². The fourth-order valence-corrected chi connectivity index (χ4v) is 6.14. The van der Waals surface area contributed by atoms with E-state index in [2.05, 4.69) is 6.92 Å². The molecule has 1 aliphatic carbocycles. The summed E-state index contributed by atoms with van der Waals surface area (Å²) in [5.74, 6) is 0.496. The van der Waals surface area contributed by atoms with Crippen molar-refractivity contribution in [1.82, 2.24) is 4.90 Å². The van der Waals surface area contributed by atoms with Crippen molar-refractivity contribution in [2.75, 3.05) is 25.1 Å². The molecule has 3 rings (SSSR count). The molecule has 1 aromatic heterocycles. The molecule has 0 atom stereocenters. The number of hydrogen-bond donors (Lipinski definition) is 1. The average molecular weight is 451 g/mol. The van der Waals surface area contributed by atoms with E-state index in [1.165, 1.54) is 23.3 Å². The van der Waals surface area contributed by atoms with Crippen molar-refractivity contribution in [3.63, 3.8) is 0 Å². The van der Waals surface area contributed by atoms with Crippen LogP contribution in [0.5, 0.6) is 0 Å². The third-order valence-corrected chi connectivity index (χ3v) is 7.94. The van der Waals surface area contributed by atoms with Crippen LogP contribution in [0.1, 0.15) is 80.4 Å². The molecule has 172 valence electrons. The first kappa shape index (κ1) is 23.6. The summed E-state index contributed by atoms with van der Waals surface area (Å²) in [6.45, 7) is 7.16. The van der Waals surface area contributed by atoms with Crippen molar-refractivity contribution in [2.45, 2.75) is 71.3 Å². The molecule has 8 heteroatoms. The summed E-state index contributed by atoms with van der Waals surface area (Å²) < 4.78 is 5.04. The van der Waals surface area contributed by atoms with Gasteiger partial charge in [-0.3, -0.25) is 4.79 Å². The van der Waals surface area contributed by atoms with Gasteiger partial charge in [0.2, 0.25) is 5.91 Å². The van der Waals surface area contributed by atoms with Crippen LogP contribution in [-0.4, -0.2) is 54.2 Å². The molecule has 7 nitrogen and oxygen atoms in total. The van der Waals surface area contributed by atoms with Crippen LogP contribution in [0.25, 0.3) is 0 Å². The number of carboxylic acid groups (broad SMARTS) is 1. The predicted molar refractivity (Wildman–Crippen MR) is 121 cm³/mol. The predicted octanol–water partition coefficient (Wildman–Crippen LogP) is 4.96. The van der Waals surface area contributed by atoms with Crippen molar-refractivity contribution >= 4 is 34.3 Å². The quantitative estimate of drug-likeness (QED) is 0.641. The average Bonchev–Trinajstić information content (AvgIpc) is 3.18. The maximum absolute atomic E-state index is 13.5. The molecule has 1 N–H and O–H groups in total. The van der Waals surface area contributed by atoms with Gasteiger partial charge in [0.25, 0.3) is 0 Å². The van der Waals surface area contributed by atoms with Gasteiger partial charge in [0.15, 0.2) is 0 Å². The highest BCUT2D eigenvalue weighted by Crippen LogP contribution is 2.42. The molecule has 0 aromatic carbocycles. The second-order valence-electron chi connectivity index (χ2n) is 9.16. The van der Waals surface area contributed by atoms with Gasteiger partial charge >= 0.3 is 12.1 Å². The van der Waals surface area contributed by atoms with E-state index in [0.717, 1.165) is 30.6 Å². The van der Waals surface area contributed by atoms with Crippen molar-refractivity contribution in [2.24, 2.45) is 11.8 Å². The number of nitrogens with zero attached hydrogens (tertiary/aromatic N) is 2. The first-order valence-electron chi connectivity index (χ1n) is 11.3. The van der Waals surface area contributed by atoms with Gasteiger partial charge in [0.1, 0.15) is 5.00 Å². The number of carbonyl (C=O) groups is 3. The Labute approximate surface area is 188 Å². The summed E-state index contributed by atoms with van der Waals surface area (Å²) in [6, 6.07) is 1.79. The van der Waals surface area contributed by atoms with Crippen molar-refractivity contribution < 1.29 is 24.2 Å². The number of hydrogen-bond acceptors (Lipinski definition) is 5. The molecular formula is C23H34N2O5S. The Bertz CT molecular complexity index is 805. The van der Waals surface area contributed by atoms with Gasteiger partial charge in [-0.1, -0.05) is 6.92 Å². The minimum Gasteiger partial charge on any atom is -0.465 e. The molecule has 0 bridgehead atoms. The smallest absolute Gasteiger partial charge is 0.407 e. The highest BCUT2D eigenvalue weighted by Gasteiger charge is 2.35. The lowest BCUT2D eigenvalue weighted by Crippen LogP contribution is -2.42. The molecule has 2 amide bonds. The Balaban J connectivity index is 1.89. The van der Waals surface area contributed by atoms with Gasteiger partial charge in [-0.05, 0) is 70.3 Å². The maximum Gasteiger partial charge on any atom is 0.407 e. The molecule has 1 saturated heterocycles. The minimum atomic E-state index is -0.890. The van der Waals surface area contributed by atoms with E-state index >= 15 is 0 Å². The lowest BCUT2D eigenvalue weighted by molar-refractivity contribution is -0.123. The molecule has 0 radical (unpaired) electrons. The number of piperidine rings is 1. The highest BCUT2D eigenvalue weighted by molar-refractivity contribution is 7.16. The third kappa shape index (κ3) is 5.22. The topological polar surface area (TPSA) is 87.2 Å². The monoisotopic (exact) mass is 450 g/mol. The molecule has 1 saturated carbocycles. The van der Waals surface area contributed by atoms with E-state index in [-0.39, 0.29) is 23.8 Å². The van der Waals surface area contributed by atoms with Crippen LogP contribution in [0.2, 0.25) is 0 Å². The normalized spacial score (nSPS) is 22.4. The number of rotatable bonds is 5. The molecule has 2 heterocycles.